The molecule has 0 bridgehead atoms. The van der Waals surface area contributed by atoms with Crippen LogP contribution in [0.25, 0.3) is 16.9 Å². The van der Waals surface area contributed by atoms with Gasteiger partial charge in [0.25, 0.3) is 5.91 Å². The summed E-state index contributed by atoms with van der Waals surface area (Å²) >= 11 is 0. The Morgan fingerprint density at radius 1 is 1.24 bits per heavy atom. The number of nitrogens with one attached hydrogen (secondary N) is 1. The summed E-state index contributed by atoms with van der Waals surface area (Å²) in [5.74, 6) is -0.184. The highest BCUT2D eigenvalue weighted by Crippen LogP contribution is 2.22. The molecule has 1 atom stereocenters. The second-order valence-electron chi connectivity index (χ2n) is 6.05. The number of anilines is 1. The molecular weight excluding hydrogens is 318 g/mol. The molecule has 0 saturated carbocycles. The third-order valence-corrected chi connectivity index (χ3v) is 4.23. The van der Waals surface area contributed by atoms with Crippen LogP contribution in [-0.2, 0) is 14.3 Å². The van der Waals surface area contributed by atoms with Crippen molar-refractivity contribution < 1.29 is 14.3 Å². The molecule has 0 spiro atoms. The molecule has 0 aliphatic carbocycles. The predicted molar refractivity (Wildman–Crippen MR) is 94.6 cm³/mol. The summed E-state index contributed by atoms with van der Waals surface area (Å²) in [6, 6.07) is 11.7. The highest BCUT2D eigenvalue weighted by atomic mass is 16.6. The lowest BCUT2D eigenvalue weighted by Gasteiger charge is -2.22. The van der Waals surface area contributed by atoms with Crippen LogP contribution >= 0.6 is 0 Å². The number of imidazole rings is 1. The molecule has 25 heavy (non-hydrogen) atoms. The van der Waals surface area contributed by atoms with Gasteiger partial charge >= 0.3 is 0 Å². The highest BCUT2D eigenvalue weighted by Gasteiger charge is 2.22. The Hall–Kier alpha value is -2.70. The molecule has 128 valence electrons. The maximum absolute atomic E-state index is 12.1. The number of amides is 1. The molecule has 0 unspecified atom stereocenters. The van der Waals surface area contributed by atoms with Gasteiger partial charge in [0.05, 0.1) is 25.5 Å². The minimum Gasteiger partial charge on any atom is -0.376 e. The van der Waals surface area contributed by atoms with Gasteiger partial charge in [-0.25, -0.2) is 4.98 Å². The molecule has 1 amide bonds. The van der Waals surface area contributed by atoms with E-state index >= 15 is 0 Å². The van der Waals surface area contributed by atoms with E-state index < -0.39 is 6.10 Å². The summed E-state index contributed by atoms with van der Waals surface area (Å²) in [4.78, 5) is 16.8. The Morgan fingerprint density at radius 2 is 2.08 bits per heavy atom. The van der Waals surface area contributed by atoms with Crippen molar-refractivity contribution in [2.24, 2.45) is 0 Å². The number of carbonyl (C=O) groups is 1. The molecule has 1 fully saturated rings. The number of hydrogen-bond acceptors (Lipinski definition) is 4. The van der Waals surface area contributed by atoms with Gasteiger partial charge in [0.15, 0.2) is 6.10 Å². The summed E-state index contributed by atoms with van der Waals surface area (Å²) < 4.78 is 12.7. The summed E-state index contributed by atoms with van der Waals surface area (Å²) in [6.07, 6.45) is 3.44. The summed E-state index contributed by atoms with van der Waals surface area (Å²) in [5, 5.41) is 2.86. The Morgan fingerprint density at radius 3 is 2.80 bits per heavy atom. The van der Waals surface area contributed by atoms with E-state index in [-0.39, 0.29) is 5.91 Å². The van der Waals surface area contributed by atoms with Gasteiger partial charge in [-0.2, -0.15) is 0 Å². The number of aromatic nitrogens is 2. The minimum atomic E-state index is -0.546. The van der Waals surface area contributed by atoms with Crippen LogP contribution in [0.3, 0.4) is 0 Å². The zero-order valence-electron chi connectivity index (χ0n) is 13.9. The Balaban J connectivity index is 1.51. The average Bonchev–Trinajstić information content (AvgIpc) is 3.09. The fourth-order valence-corrected chi connectivity index (χ4v) is 2.88. The molecule has 3 aromatic rings. The van der Waals surface area contributed by atoms with Gasteiger partial charge in [-0.1, -0.05) is 18.2 Å². The molecule has 1 aliphatic heterocycles. The Labute approximate surface area is 145 Å². The third kappa shape index (κ3) is 3.26. The first-order chi connectivity index (χ1) is 12.2. The van der Waals surface area contributed by atoms with E-state index in [1.165, 1.54) is 0 Å². The number of benzene rings is 1. The number of pyridine rings is 1. The molecule has 1 aliphatic rings. The van der Waals surface area contributed by atoms with Gasteiger partial charge in [-0.3, -0.25) is 4.79 Å². The molecule has 2 aromatic heterocycles. The van der Waals surface area contributed by atoms with Crippen molar-refractivity contribution in [2.75, 3.05) is 25.1 Å². The highest BCUT2D eigenvalue weighted by molar-refractivity contribution is 5.94. The van der Waals surface area contributed by atoms with Crippen LogP contribution in [0.15, 0.2) is 48.8 Å². The number of nitrogens with zero attached hydrogens (tertiary/aromatic N) is 2. The van der Waals surface area contributed by atoms with Crippen LogP contribution in [0.5, 0.6) is 0 Å². The fourth-order valence-electron chi connectivity index (χ4n) is 2.88. The summed E-state index contributed by atoms with van der Waals surface area (Å²) in [7, 11) is 0. The first-order valence-electron chi connectivity index (χ1n) is 8.26. The number of ether oxygens (including phenoxy) is 2. The van der Waals surface area contributed by atoms with E-state index in [0.29, 0.717) is 19.8 Å². The molecule has 1 N–H and O–H groups in total. The number of carbonyl (C=O) groups excluding carboxylic acids is 1. The normalized spacial score (nSPS) is 17.6. The second kappa shape index (κ2) is 6.66. The van der Waals surface area contributed by atoms with Crippen molar-refractivity contribution in [2.45, 2.75) is 13.0 Å². The fraction of sp³-hybridized carbons (Fsp3) is 0.263. The SMILES string of the molecule is Cc1cccn2cc(-c3ccc(NC(=O)[C@@H]4COCCO4)cc3)nc12. The average molecular weight is 337 g/mol. The second-order valence-corrected chi connectivity index (χ2v) is 6.05. The zero-order chi connectivity index (χ0) is 17.2. The van der Waals surface area contributed by atoms with Crippen LogP contribution in [0.1, 0.15) is 5.56 Å². The van der Waals surface area contributed by atoms with Gasteiger partial charge in [-0.15, -0.1) is 0 Å². The van der Waals surface area contributed by atoms with E-state index in [1.807, 2.05) is 60.1 Å². The molecule has 6 heteroatoms. The molecule has 3 heterocycles. The van der Waals surface area contributed by atoms with Gasteiger partial charge in [0.2, 0.25) is 0 Å². The third-order valence-electron chi connectivity index (χ3n) is 4.23. The van der Waals surface area contributed by atoms with E-state index in [9.17, 15) is 4.79 Å². The molecular formula is C19H19N3O3. The monoisotopic (exact) mass is 337 g/mol. The van der Waals surface area contributed by atoms with E-state index in [0.717, 1.165) is 28.2 Å². The number of aryl methyl sites for hydroxylation is 1. The van der Waals surface area contributed by atoms with Crippen molar-refractivity contribution in [1.82, 2.24) is 9.38 Å². The van der Waals surface area contributed by atoms with E-state index in [2.05, 4.69) is 10.3 Å². The standard InChI is InChI=1S/C19H19N3O3/c1-13-3-2-8-22-11-16(21-18(13)22)14-4-6-15(7-5-14)20-19(23)17-12-24-9-10-25-17/h2-8,11,17H,9-10,12H2,1H3,(H,20,23)/t17-/m0/s1. The smallest absolute Gasteiger partial charge is 0.255 e. The molecule has 4 rings (SSSR count). The lowest BCUT2D eigenvalue weighted by Crippen LogP contribution is -2.39. The van der Waals surface area contributed by atoms with Crippen molar-refractivity contribution in [1.29, 1.82) is 0 Å². The summed E-state index contributed by atoms with van der Waals surface area (Å²) in [5.41, 5.74) is 4.70. The van der Waals surface area contributed by atoms with Gasteiger partial charge < -0.3 is 19.2 Å². The van der Waals surface area contributed by atoms with Crippen molar-refractivity contribution in [3.8, 4) is 11.3 Å². The van der Waals surface area contributed by atoms with Crippen LogP contribution < -0.4 is 5.32 Å². The Bertz CT molecular complexity index is 896. The maximum atomic E-state index is 12.1. The van der Waals surface area contributed by atoms with Crippen LogP contribution in [-0.4, -0.2) is 41.2 Å². The molecule has 6 nitrogen and oxygen atoms in total. The number of rotatable bonds is 3. The van der Waals surface area contributed by atoms with E-state index in [1.54, 1.807) is 0 Å². The van der Waals surface area contributed by atoms with Crippen molar-refractivity contribution in [3.63, 3.8) is 0 Å². The van der Waals surface area contributed by atoms with Gasteiger partial charge in [0, 0.05) is 23.6 Å². The maximum Gasteiger partial charge on any atom is 0.255 e. The predicted octanol–water partition coefficient (Wildman–Crippen LogP) is 2.66. The number of hydrogen-bond donors (Lipinski definition) is 1. The number of fused-ring (bicyclic) bond motifs is 1. The molecule has 1 saturated heterocycles. The van der Waals surface area contributed by atoms with Crippen LogP contribution in [0.2, 0.25) is 0 Å². The van der Waals surface area contributed by atoms with Gasteiger partial charge in [-0.05, 0) is 30.7 Å². The van der Waals surface area contributed by atoms with Crippen LogP contribution in [0.4, 0.5) is 5.69 Å². The first-order valence-corrected chi connectivity index (χ1v) is 8.26. The minimum absolute atomic E-state index is 0.184. The van der Waals surface area contributed by atoms with Crippen LogP contribution in [0, 0.1) is 6.92 Å². The quantitative estimate of drug-likeness (QED) is 0.798. The van der Waals surface area contributed by atoms with E-state index in [4.69, 9.17) is 9.47 Å². The summed E-state index contributed by atoms with van der Waals surface area (Å²) in [6.45, 7) is 3.33. The molecule has 1 aromatic carbocycles. The lowest BCUT2D eigenvalue weighted by molar-refractivity contribution is -0.142. The Kier molecular flexibility index (Phi) is 4.21. The lowest BCUT2D eigenvalue weighted by atomic mass is 10.1. The first kappa shape index (κ1) is 15.8. The van der Waals surface area contributed by atoms with Crippen molar-refractivity contribution in [3.05, 3.63) is 54.4 Å². The molecule has 0 radical (unpaired) electrons. The van der Waals surface area contributed by atoms with Gasteiger partial charge in [0.1, 0.15) is 5.65 Å². The largest absolute Gasteiger partial charge is 0.376 e. The topological polar surface area (TPSA) is 64.9 Å². The zero-order valence-corrected chi connectivity index (χ0v) is 13.9. The van der Waals surface area contributed by atoms with Crippen molar-refractivity contribution >= 4 is 17.2 Å².